The summed E-state index contributed by atoms with van der Waals surface area (Å²) in [6, 6.07) is 5.47. The van der Waals surface area contributed by atoms with Crippen LogP contribution in [-0.2, 0) is 11.3 Å². The van der Waals surface area contributed by atoms with E-state index in [4.69, 9.17) is 9.47 Å². The van der Waals surface area contributed by atoms with Gasteiger partial charge in [0.1, 0.15) is 5.82 Å². The van der Waals surface area contributed by atoms with E-state index < -0.39 is 0 Å². The summed E-state index contributed by atoms with van der Waals surface area (Å²) < 4.78 is 12.3. The van der Waals surface area contributed by atoms with Crippen LogP contribution in [0.1, 0.15) is 18.9 Å². The Balaban J connectivity index is 1.62. The quantitative estimate of drug-likeness (QED) is 0.258. The Morgan fingerprint density at radius 2 is 2.00 bits per heavy atom. The van der Waals surface area contributed by atoms with Gasteiger partial charge in [0.15, 0.2) is 22.3 Å². The summed E-state index contributed by atoms with van der Waals surface area (Å²) in [6.45, 7) is 3.85. The SMILES string of the molecule is CCCNc1nc(SC)nc2c1cnn2CCNC(=O)C=Cc1ccc(OC)c(OC)c1. The van der Waals surface area contributed by atoms with Crippen LogP contribution >= 0.6 is 11.8 Å². The monoisotopic (exact) mass is 456 g/mol. The molecule has 3 rings (SSSR count). The Labute approximate surface area is 191 Å². The fourth-order valence-corrected chi connectivity index (χ4v) is 3.40. The second-order valence-corrected chi connectivity index (χ2v) is 7.60. The second kappa shape index (κ2) is 11.4. The van der Waals surface area contributed by atoms with E-state index in [2.05, 4.69) is 32.6 Å². The Morgan fingerprint density at radius 3 is 2.72 bits per heavy atom. The number of ether oxygens (including phenoxy) is 2. The summed E-state index contributed by atoms with van der Waals surface area (Å²) in [5.74, 6) is 1.84. The van der Waals surface area contributed by atoms with Crippen LogP contribution in [0.25, 0.3) is 17.1 Å². The van der Waals surface area contributed by atoms with Crippen molar-refractivity contribution in [2.45, 2.75) is 25.0 Å². The van der Waals surface area contributed by atoms with Crippen molar-refractivity contribution >= 4 is 40.6 Å². The average Bonchev–Trinajstić information content (AvgIpc) is 3.23. The van der Waals surface area contributed by atoms with E-state index in [-0.39, 0.29) is 5.91 Å². The Bertz CT molecular complexity index is 1100. The molecule has 0 unspecified atom stereocenters. The van der Waals surface area contributed by atoms with E-state index in [0.717, 1.165) is 35.4 Å². The van der Waals surface area contributed by atoms with Crippen molar-refractivity contribution in [2.75, 3.05) is 38.9 Å². The van der Waals surface area contributed by atoms with Gasteiger partial charge in [0.05, 0.1) is 32.3 Å². The molecule has 0 fully saturated rings. The summed E-state index contributed by atoms with van der Waals surface area (Å²) in [5, 5.41) is 12.2. The van der Waals surface area contributed by atoms with Crippen LogP contribution in [0.2, 0.25) is 0 Å². The Morgan fingerprint density at radius 1 is 1.19 bits per heavy atom. The molecule has 0 bridgehead atoms. The molecule has 0 radical (unpaired) electrons. The van der Waals surface area contributed by atoms with Gasteiger partial charge in [-0.15, -0.1) is 0 Å². The van der Waals surface area contributed by atoms with Crippen LogP contribution in [0.15, 0.2) is 35.6 Å². The van der Waals surface area contributed by atoms with Crippen LogP contribution in [-0.4, -0.2) is 59.2 Å². The summed E-state index contributed by atoms with van der Waals surface area (Å²) in [5.41, 5.74) is 1.59. The first-order valence-corrected chi connectivity index (χ1v) is 11.5. The van der Waals surface area contributed by atoms with E-state index >= 15 is 0 Å². The minimum atomic E-state index is -0.194. The first-order chi connectivity index (χ1) is 15.6. The van der Waals surface area contributed by atoms with E-state index in [1.54, 1.807) is 37.2 Å². The molecule has 170 valence electrons. The number of thioether (sulfide) groups is 1. The molecule has 32 heavy (non-hydrogen) atoms. The van der Waals surface area contributed by atoms with E-state index in [1.165, 1.54) is 17.8 Å². The minimum Gasteiger partial charge on any atom is -0.493 e. The van der Waals surface area contributed by atoms with Crippen LogP contribution in [0.5, 0.6) is 11.5 Å². The fourth-order valence-electron chi connectivity index (χ4n) is 3.04. The molecule has 0 spiro atoms. The highest BCUT2D eigenvalue weighted by Gasteiger charge is 2.12. The van der Waals surface area contributed by atoms with Gasteiger partial charge in [0.2, 0.25) is 5.91 Å². The third-order valence-corrected chi connectivity index (χ3v) is 5.21. The normalized spacial score (nSPS) is 11.1. The zero-order valence-electron chi connectivity index (χ0n) is 18.7. The molecule has 2 aromatic heterocycles. The molecule has 2 N–H and O–H groups in total. The molecule has 3 aromatic rings. The lowest BCUT2D eigenvalue weighted by Gasteiger charge is -2.08. The average molecular weight is 457 g/mol. The number of nitrogens with one attached hydrogen (secondary N) is 2. The topological polar surface area (TPSA) is 103 Å². The number of fused-ring (bicyclic) bond motifs is 1. The molecule has 0 saturated carbocycles. The number of aromatic nitrogens is 4. The van der Waals surface area contributed by atoms with Crippen molar-refractivity contribution in [3.05, 3.63) is 36.0 Å². The zero-order valence-corrected chi connectivity index (χ0v) is 19.5. The molecule has 1 aromatic carbocycles. The summed E-state index contributed by atoms with van der Waals surface area (Å²) in [6.07, 6.45) is 7.91. The fraction of sp³-hybridized carbons (Fsp3) is 0.364. The van der Waals surface area contributed by atoms with Crippen molar-refractivity contribution in [1.29, 1.82) is 0 Å². The lowest BCUT2D eigenvalue weighted by Crippen LogP contribution is -2.25. The molecule has 0 aliphatic carbocycles. The summed E-state index contributed by atoms with van der Waals surface area (Å²) in [7, 11) is 3.16. The number of nitrogens with zero attached hydrogens (tertiary/aromatic N) is 4. The molecule has 9 nitrogen and oxygen atoms in total. The van der Waals surface area contributed by atoms with Crippen LogP contribution < -0.4 is 20.1 Å². The van der Waals surface area contributed by atoms with Gasteiger partial charge < -0.3 is 20.1 Å². The van der Waals surface area contributed by atoms with Crippen LogP contribution in [0.3, 0.4) is 0 Å². The van der Waals surface area contributed by atoms with E-state index in [0.29, 0.717) is 29.7 Å². The predicted octanol–water partition coefficient (Wildman–Crippen LogP) is 3.22. The van der Waals surface area contributed by atoms with Crippen molar-refractivity contribution < 1.29 is 14.3 Å². The van der Waals surface area contributed by atoms with Crippen molar-refractivity contribution in [1.82, 2.24) is 25.1 Å². The first kappa shape index (κ1) is 23.4. The molecule has 0 aliphatic heterocycles. The number of benzene rings is 1. The molecular weight excluding hydrogens is 428 g/mol. The number of methoxy groups -OCH3 is 2. The maximum absolute atomic E-state index is 12.2. The zero-order chi connectivity index (χ0) is 22.9. The number of carbonyl (C=O) groups excluding carboxylic acids is 1. The maximum atomic E-state index is 12.2. The molecule has 10 heteroatoms. The molecule has 1 amide bonds. The van der Waals surface area contributed by atoms with Crippen molar-refractivity contribution in [3.8, 4) is 11.5 Å². The van der Waals surface area contributed by atoms with Gasteiger partial charge in [-0.05, 0) is 36.4 Å². The number of hydrogen-bond donors (Lipinski definition) is 2. The lowest BCUT2D eigenvalue weighted by atomic mass is 10.2. The molecule has 0 saturated heterocycles. The van der Waals surface area contributed by atoms with Gasteiger partial charge in [-0.1, -0.05) is 24.8 Å². The minimum absolute atomic E-state index is 0.194. The summed E-state index contributed by atoms with van der Waals surface area (Å²) in [4.78, 5) is 21.4. The number of carbonyl (C=O) groups is 1. The third-order valence-electron chi connectivity index (χ3n) is 4.66. The Kier molecular flexibility index (Phi) is 8.32. The van der Waals surface area contributed by atoms with Crippen LogP contribution in [0, 0.1) is 0 Å². The molecule has 2 heterocycles. The first-order valence-electron chi connectivity index (χ1n) is 10.3. The second-order valence-electron chi connectivity index (χ2n) is 6.83. The number of rotatable bonds is 11. The highest BCUT2D eigenvalue weighted by Crippen LogP contribution is 2.28. The number of amides is 1. The standard InChI is InChI=1S/C22H28N6O3S/c1-5-10-24-20-16-14-25-28(21(16)27-22(26-20)32-4)12-11-23-19(29)9-7-15-6-8-17(30-2)18(13-15)31-3/h6-9,13-14H,5,10-12H2,1-4H3,(H,23,29)(H,24,26,27). The highest BCUT2D eigenvalue weighted by molar-refractivity contribution is 7.98. The van der Waals surface area contributed by atoms with E-state index in [1.807, 2.05) is 18.4 Å². The van der Waals surface area contributed by atoms with Gasteiger partial charge >= 0.3 is 0 Å². The number of hydrogen-bond acceptors (Lipinski definition) is 8. The van der Waals surface area contributed by atoms with Crippen molar-refractivity contribution in [2.24, 2.45) is 0 Å². The largest absolute Gasteiger partial charge is 0.493 e. The van der Waals surface area contributed by atoms with Gasteiger partial charge in [0, 0.05) is 19.2 Å². The van der Waals surface area contributed by atoms with Crippen molar-refractivity contribution in [3.63, 3.8) is 0 Å². The van der Waals surface area contributed by atoms with Gasteiger partial charge in [-0.3, -0.25) is 4.79 Å². The smallest absolute Gasteiger partial charge is 0.244 e. The maximum Gasteiger partial charge on any atom is 0.244 e. The third kappa shape index (κ3) is 5.70. The number of anilines is 1. The molecule has 0 atom stereocenters. The van der Waals surface area contributed by atoms with Gasteiger partial charge in [-0.2, -0.15) is 5.10 Å². The summed E-state index contributed by atoms with van der Waals surface area (Å²) >= 11 is 1.48. The highest BCUT2D eigenvalue weighted by atomic mass is 32.2. The predicted molar refractivity (Wildman–Crippen MR) is 127 cm³/mol. The Hall–Kier alpha value is -3.27. The van der Waals surface area contributed by atoms with Gasteiger partial charge in [-0.25, -0.2) is 14.6 Å². The van der Waals surface area contributed by atoms with Crippen LogP contribution in [0.4, 0.5) is 5.82 Å². The lowest BCUT2D eigenvalue weighted by molar-refractivity contribution is -0.116. The molecular formula is C22H28N6O3S. The van der Waals surface area contributed by atoms with Gasteiger partial charge in [0.25, 0.3) is 0 Å². The molecule has 0 aliphatic rings. The van der Waals surface area contributed by atoms with E-state index in [9.17, 15) is 4.79 Å².